The van der Waals surface area contributed by atoms with Crippen molar-refractivity contribution in [2.24, 2.45) is 5.41 Å². The van der Waals surface area contributed by atoms with E-state index in [9.17, 15) is 8.42 Å². The summed E-state index contributed by atoms with van der Waals surface area (Å²) in [5, 5.41) is 3.31. The Morgan fingerprint density at radius 2 is 2.13 bits per heavy atom. The molecule has 0 aromatic carbocycles. The van der Waals surface area contributed by atoms with Gasteiger partial charge in [-0.1, -0.05) is 13.3 Å². The van der Waals surface area contributed by atoms with Gasteiger partial charge >= 0.3 is 0 Å². The Morgan fingerprint density at radius 1 is 1.40 bits per heavy atom. The molecule has 2 aliphatic heterocycles. The number of rotatable bonds is 4. The Morgan fingerprint density at radius 3 is 2.67 bits per heavy atom. The lowest BCUT2D eigenvalue weighted by molar-refractivity contribution is 0.0917. The van der Waals surface area contributed by atoms with Crippen molar-refractivity contribution in [2.45, 2.75) is 26.2 Å². The van der Waals surface area contributed by atoms with Gasteiger partial charge in [-0.25, -0.2) is 12.7 Å². The molecule has 0 aliphatic carbocycles. The smallest absolute Gasteiger partial charge is 0.214 e. The zero-order valence-electron chi connectivity index (χ0n) is 9.33. The molecule has 2 heterocycles. The summed E-state index contributed by atoms with van der Waals surface area (Å²) in [5.74, 6) is 0.326. The first-order valence-electron chi connectivity index (χ1n) is 5.77. The second kappa shape index (κ2) is 4.03. The van der Waals surface area contributed by atoms with Crippen LogP contribution in [0.2, 0.25) is 0 Å². The summed E-state index contributed by atoms with van der Waals surface area (Å²) >= 11 is 0. The summed E-state index contributed by atoms with van der Waals surface area (Å²) in [6, 6.07) is 0. The maximum Gasteiger partial charge on any atom is 0.214 e. The fraction of sp³-hybridized carbons (Fsp3) is 1.00. The van der Waals surface area contributed by atoms with Crippen LogP contribution in [0.5, 0.6) is 0 Å². The van der Waals surface area contributed by atoms with Gasteiger partial charge in [-0.3, -0.25) is 0 Å². The predicted molar refractivity (Wildman–Crippen MR) is 60.2 cm³/mol. The second-order valence-electron chi connectivity index (χ2n) is 4.86. The van der Waals surface area contributed by atoms with Crippen molar-refractivity contribution in [2.75, 3.05) is 31.9 Å². The van der Waals surface area contributed by atoms with Crippen molar-refractivity contribution in [3.8, 4) is 0 Å². The highest BCUT2D eigenvalue weighted by Crippen LogP contribution is 2.37. The Hall–Kier alpha value is -0.130. The Labute approximate surface area is 92.1 Å². The highest BCUT2D eigenvalue weighted by molar-refractivity contribution is 7.89. The molecule has 0 aromatic rings. The Kier molecular flexibility index (Phi) is 3.05. The van der Waals surface area contributed by atoms with E-state index in [0.717, 1.165) is 45.4 Å². The average molecular weight is 232 g/mol. The average Bonchev–Trinajstić information content (AvgIpc) is 2.61. The molecule has 1 N–H and O–H groups in total. The molecule has 1 spiro atoms. The lowest BCUT2D eigenvalue weighted by Crippen LogP contribution is -2.59. The van der Waals surface area contributed by atoms with E-state index in [1.807, 2.05) is 6.92 Å². The third-order valence-electron chi connectivity index (χ3n) is 3.50. The minimum Gasteiger partial charge on any atom is -0.316 e. The van der Waals surface area contributed by atoms with Crippen LogP contribution in [0, 0.1) is 5.41 Å². The van der Waals surface area contributed by atoms with Crippen LogP contribution in [-0.4, -0.2) is 44.7 Å². The second-order valence-corrected chi connectivity index (χ2v) is 6.95. The van der Waals surface area contributed by atoms with Crippen molar-refractivity contribution >= 4 is 10.0 Å². The minimum atomic E-state index is -2.94. The summed E-state index contributed by atoms with van der Waals surface area (Å²) in [6.07, 6.45) is 2.86. The van der Waals surface area contributed by atoms with Crippen molar-refractivity contribution in [1.82, 2.24) is 9.62 Å². The molecular formula is C10H20N2O2S. The molecule has 0 unspecified atom stereocenters. The molecule has 0 amide bonds. The lowest BCUT2D eigenvalue weighted by atomic mass is 9.81. The summed E-state index contributed by atoms with van der Waals surface area (Å²) < 4.78 is 25.3. The number of hydrogen-bond acceptors (Lipinski definition) is 3. The SMILES string of the molecule is CCCCS(=O)(=O)N1CC2(CCNC2)C1. The maximum absolute atomic E-state index is 11.8. The maximum atomic E-state index is 11.8. The first-order chi connectivity index (χ1) is 7.08. The van der Waals surface area contributed by atoms with Crippen LogP contribution in [0.1, 0.15) is 26.2 Å². The van der Waals surface area contributed by atoms with Gasteiger partial charge in [-0.05, 0) is 19.4 Å². The molecule has 2 saturated heterocycles. The highest BCUT2D eigenvalue weighted by atomic mass is 32.2. The summed E-state index contributed by atoms with van der Waals surface area (Å²) in [4.78, 5) is 0. The first kappa shape index (κ1) is 11.4. The number of sulfonamides is 1. The minimum absolute atomic E-state index is 0.277. The van der Waals surface area contributed by atoms with E-state index in [4.69, 9.17) is 0 Å². The number of nitrogens with zero attached hydrogens (tertiary/aromatic N) is 1. The number of unbranched alkanes of at least 4 members (excludes halogenated alkanes) is 1. The van der Waals surface area contributed by atoms with E-state index in [0.29, 0.717) is 5.75 Å². The van der Waals surface area contributed by atoms with Gasteiger partial charge in [0.1, 0.15) is 0 Å². The topological polar surface area (TPSA) is 49.4 Å². The molecule has 2 rings (SSSR count). The molecule has 5 heteroatoms. The van der Waals surface area contributed by atoms with Gasteiger partial charge in [-0.15, -0.1) is 0 Å². The molecule has 0 bridgehead atoms. The van der Waals surface area contributed by atoms with Gasteiger partial charge in [0.25, 0.3) is 0 Å². The molecule has 4 nitrogen and oxygen atoms in total. The number of hydrogen-bond donors (Lipinski definition) is 1. The summed E-state index contributed by atoms with van der Waals surface area (Å²) in [6.45, 7) is 5.54. The van der Waals surface area contributed by atoms with Crippen LogP contribution in [-0.2, 0) is 10.0 Å². The molecule has 0 radical (unpaired) electrons. The van der Waals surface area contributed by atoms with E-state index in [2.05, 4.69) is 5.32 Å². The molecule has 15 heavy (non-hydrogen) atoms. The van der Waals surface area contributed by atoms with E-state index in [1.54, 1.807) is 4.31 Å². The van der Waals surface area contributed by atoms with Crippen LogP contribution >= 0.6 is 0 Å². The fourth-order valence-electron chi connectivity index (χ4n) is 2.42. The molecule has 88 valence electrons. The lowest BCUT2D eigenvalue weighted by Gasteiger charge is -2.46. The third kappa shape index (κ3) is 2.19. The van der Waals surface area contributed by atoms with Crippen LogP contribution in [0.25, 0.3) is 0 Å². The van der Waals surface area contributed by atoms with Gasteiger partial charge in [-0.2, -0.15) is 0 Å². The highest BCUT2D eigenvalue weighted by Gasteiger charge is 2.48. The van der Waals surface area contributed by atoms with Gasteiger partial charge in [0, 0.05) is 25.0 Å². The van der Waals surface area contributed by atoms with Gasteiger partial charge < -0.3 is 5.32 Å². The zero-order valence-corrected chi connectivity index (χ0v) is 10.1. The zero-order chi connectivity index (χ0) is 10.9. The Balaban J connectivity index is 1.87. The number of nitrogens with one attached hydrogen (secondary N) is 1. The van der Waals surface area contributed by atoms with Crippen molar-refractivity contribution in [1.29, 1.82) is 0 Å². The van der Waals surface area contributed by atoms with E-state index < -0.39 is 10.0 Å². The quantitative estimate of drug-likeness (QED) is 0.764. The van der Waals surface area contributed by atoms with Crippen LogP contribution in [0.15, 0.2) is 0 Å². The van der Waals surface area contributed by atoms with E-state index in [1.165, 1.54) is 0 Å². The molecule has 2 aliphatic rings. The predicted octanol–water partition coefficient (Wildman–Crippen LogP) is 0.412. The summed E-state index contributed by atoms with van der Waals surface area (Å²) in [5.41, 5.74) is 0.277. The largest absolute Gasteiger partial charge is 0.316 e. The van der Waals surface area contributed by atoms with E-state index >= 15 is 0 Å². The monoisotopic (exact) mass is 232 g/mol. The first-order valence-corrected chi connectivity index (χ1v) is 7.37. The third-order valence-corrected chi connectivity index (χ3v) is 5.35. The standard InChI is InChI=1S/C10H20N2O2S/c1-2-3-6-15(13,14)12-8-10(9-12)4-5-11-7-10/h11H,2-9H2,1H3. The van der Waals surface area contributed by atoms with Crippen molar-refractivity contribution < 1.29 is 8.42 Å². The van der Waals surface area contributed by atoms with Crippen molar-refractivity contribution in [3.63, 3.8) is 0 Å². The van der Waals surface area contributed by atoms with E-state index in [-0.39, 0.29) is 5.41 Å². The molecular weight excluding hydrogens is 212 g/mol. The van der Waals surface area contributed by atoms with Crippen LogP contribution < -0.4 is 5.32 Å². The van der Waals surface area contributed by atoms with Crippen LogP contribution in [0.4, 0.5) is 0 Å². The Bertz CT molecular complexity index is 312. The fourth-order valence-corrected chi connectivity index (χ4v) is 4.27. The molecule has 0 atom stereocenters. The van der Waals surface area contributed by atoms with Crippen molar-refractivity contribution in [3.05, 3.63) is 0 Å². The van der Waals surface area contributed by atoms with Crippen LogP contribution in [0.3, 0.4) is 0 Å². The molecule has 2 fully saturated rings. The van der Waals surface area contributed by atoms with Gasteiger partial charge in [0.05, 0.1) is 5.75 Å². The molecule has 0 aromatic heterocycles. The summed E-state index contributed by atoms with van der Waals surface area (Å²) in [7, 11) is -2.94. The van der Waals surface area contributed by atoms with Gasteiger partial charge in [0.2, 0.25) is 10.0 Å². The molecule has 0 saturated carbocycles. The van der Waals surface area contributed by atoms with Gasteiger partial charge in [0.15, 0.2) is 0 Å². The normalized spacial score (nSPS) is 25.7.